The Morgan fingerprint density at radius 2 is 1.05 bits per heavy atom. The highest BCUT2D eigenvalue weighted by molar-refractivity contribution is 5.68. The lowest BCUT2D eigenvalue weighted by Crippen LogP contribution is -1.97. The van der Waals surface area contributed by atoms with E-state index in [9.17, 15) is 0 Å². The molecule has 2 fully saturated rings. The maximum absolute atomic E-state index is 3.68. The molecule has 2 aliphatic rings. The first-order valence-electron chi connectivity index (χ1n) is 7.37. The van der Waals surface area contributed by atoms with Crippen LogP contribution in [0.1, 0.15) is 48.6 Å². The molecule has 0 spiro atoms. The molecule has 2 saturated carbocycles. The van der Waals surface area contributed by atoms with Crippen molar-refractivity contribution in [1.82, 2.24) is 0 Å². The van der Waals surface area contributed by atoms with E-state index in [1.54, 1.807) is 0 Å². The van der Waals surface area contributed by atoms with Gasteiger partial charge in [0.1, 0.15) is 0 Å². The number of hydrogen-bond acceptors (Lipinski definition) is 1. The van der Waals surface area contributed by atoms with Crippen LogP contribution in [0.5, 0.6) is 0 Å². The third kappa shape index (κ3) is 2.25. The number of hydrogen-bond donors (Lipinski definition) is 1. The van der Waals surface area contributed by atoms with Crippen molar-refractivity contribution in [3.63, 3.8) is 0 Å². The number of nitrogens with one attached hydrogen (secondary N) is 1. The van der Waals surface area contributed by atoms with E-state index in [2.05, 4.69) is 53.8 Å². The van der Waals surface area contributed by atoms with Gasteiger partial charge in [0.15, 0.2) is 0 Å². The minimum absolute atomic E-state index is 0.789. The first-order chi connectivity index (χ1) is 9.42. The fraction of sp³-hybridized carbons (Fsp3) is 0.333. The summed E-state index contributed by atoms with van der Waals surface area (Å²) in [6.07, 6.45) is 5.40. The van der Waals surface area contributed by atoms with Gasteiger partial charge < -0.3 is 5.32 Å². The van der Waals surface area contributed by atoms with E-state index in [0.29, 0.717) is 0 Å². The van der Waals surface area contributed by atoms with Crippen LogP contribution in [0.2, 0.25) is 0 Å². The Balaban J connectivity index is 1.68. The van der Waals surface area contributed by atoms with Gasteiger partial charge in [-0.05, 0) is 60.8 Å². The number of rotatable bonds is 4. The van der Waals surface area contributed by atoms with Crippen molar-refractivity contribution in [2.75, 3.05) is 5.32 Å². The summed E-state index contributed by atoms with van der Waals surface area (Å²) < 4.78 is 0. The molecule has 0 aliphatic heterocycles. The Morgan fingerprint density at radius 3 is 1.47 bits per heavy atom. The number of benzene rings is 2. The van der Waals surface area contributed by atoms with Crippen molar-refractivity contribution in [2.45, 2.75) is 37.5 Å². The molecule has 4 rings (SSSR count). The third-order valence-electron chi connectivity index (χ3n) is 4.23. The van der Waals surface area contributed by atoms with Crippen molar-refractivity contribution in [3.8, 4) is 0 Å². The Labute approximate surface area is 114 Å². The lowest BCUT2D eigenvalue weighted by atomic mass is 10.1. The Bertz CT molecular complexity index is 541. The van der Waals surface area contributed by atoms with Gasteiger partial charge in [0.2, 0.25) is 0 Å². The van der Waals surface area contributed by atoms with Crippen LogP contribution in [0.25, 0.3) is 0 Å². The molecule has 1 N–H and O–H groups in total. The van der Waals surface area contributed by atoms with Crippen LogP contribution in [-0.2, 0) is 0 Å². The van der Waals surface area contributed by atoms with Gasteiger partial charge >= 0.3 is 0 Å². The molecular formula is C18H19N. The Hall–Kier alpha value is -1.76. The highest BCUT2D eigenvalue weighted by Gasteiger charge is 2.28. The summed E-state index contributed by atoms with van der Waals surface area (Å²) in [5.74, 6) is 1.58. The maximum Gasteiger partial charge on any atom is 0.0419 e. The first-order valence-corrected chi connectivity index (χ1v) is 7.37. The predicted molar refractivity (Wildman–Crippen MR) is 80.1 cm³/mol. The number of anilines is 2. The van der Waals surface area contributed by atoms with Crippen molar-refractivity contribution in [2.24, 2.45) is 0 Å². The average Bonchev–Trinajstić information content (AvgIpc) is 3.31. The topological polar surface area (TPSA) is 12.0 Å². The zero-order chi connectivity index (χ0) is 12.7. The average molecular weight is 249 g/mol. The van der Waals surface area contributed by atoms with Crippen molar-refractivity contribution >= 4 is 11.4 Å². The van der Waals surface area contributed by atoms with Crippen LogP contribution in [-0.4, -0.2) is 0 Å². The summed E-state index contributed by atoms with van der Waals surface area (Å²) in [7, 11) is 0. The van der Waals surface area contributed by atoms with Gasteiger partial charge in [0, 0.05) is 11.4 Å². The SMILES string of the molecule is c1ccc(C2CC2)c(Nc2ccccc2C2CC2)c1. The van der Waals surface area contributed by atoms with Crippen LogP contribution >= 0.6 is 0 Å². The summed E-state index contributed by atoms with van der Waals surface area (Å²) in [5, 5.41) is 3.68. The molecule has 96 valence electrons. The summed E-state index contributed by atoms with van der Waals surface area (Å²) >= 11 is 0. The van der Waals surface area contributed by atoms with Gasteiger partial charge in [0.05, 0.1) is 0 Å². The minimum Gasteiger partial charge on any atom is -0.355 e. The van der Waals surface area contributed by atoms with Crippen LogP contribution < -0.4 is 5.32 Å². The molecule has 2 aliphatic carbocycles. The lowest BCUT2D eigenvalue weighted by molar-refractivity contribution is 1.11. The molecule has 0 saturated heterocycles. The molecule has 0 amide bonds. The van der Waals surface area contributed by atoms with E-state index in [4.69, 9.17) is 0 Å². The van der Waals surface area contributed by atoms with E-state index in [1.165, 1.54) is 48.2 Å². The zero-order valence-electron chi connectivity index (χ0n) is 11.1. The van der Waals surface area contributed by atoms with Gasteiger partial charge in [-0.2, -0.15) is 0 Å². The monoisotopic (exact) mass is 249 g/mol. The second-order valence-electron chi connectivity index (χ2n) is 5.85. The first kappa shape index (κ1) is 11.1. The largest absolute Gasteiger partial charge is 0.355 e. The van der Waals surface area contributed by atoms with Crippen LogP contribution in [0, 0.1) is 0 Å². The highest BCUT2D eigenvalue weighted by Crippen LogP contribution is 2.46. The normalized spacial score (nSPS) is 18.3. The summed E-state index contributed by atoms with van der Waals surface area (Å²) in [6.45, 7) is 0. The maximum atomic E-state index is 3.68. The van der Waals surface area contributed by atoms with Gasteiger partial charge in [-0.25, -0.2) is 0 Å². The minimum atomic E-state index is 0.789. The molecule has 0 bridgehead atoms. The van der Waals surface area contributed by atoms with E-state index < -0.39 is 0 Å². The molecule has 1 heteroatoms. The molecule has 2 aromatic rings. The predicted octanol–water partition coefficient (Wildman–Crippen LogP) is 5.19. The molecule has 0 heterocycles. The molecule has 0 atom stereocenters. The summed E-state index contributed by atoms with van der Waals surface area (Å²) in [6, 6.07) is 17.6. The zero-order valence-corrected chi connectivity index (χ0v) is 11.1. The summed E-state index contributed by atoms with van der Waals surface area (Å²) in [4.78, 5) is 0. The van der Waals surface area contributed by atoms with Gasteiger partial charge in [-0.15, -0.1) is 0 Å². The second kappa shape index (κ2) is 4.41. The Kier molecular flexibility index (Phi) is 2.58. The van der Waals surface area contributed by atoms with Crippen molar-refractivity contribution < 1.29 is 0 Å². The van der Waals surface area contributed by atoms with Crippen molar-refractivity contribution in [3.05, 3.63) is 59.7 Å². The van der Waals surface area contributed by atoms with Gasteiger partial charge in [-0.3, -0.25) is 0 Å². The molecule has 19 heavy (non-hydrogen) atoms. The van der Waals surface area contributed by atoms with Crippen LogP contribution in [0.15, 0.2) is 48.5 Å². The highest BCUT2D eigenvalue weighted by atomic mass is 14.9. The van der Waals surface area contributed by atoms with Crippen molar-refractivity contribution in [1.29, 1.82) is 0 Å². The molecule has 1 nitrogen and oxygen atoms in total. The second-order valence-corrected chi connectivity index (χ2v) is 5.85. The fourth-order valence-electron chi connectivity index (χ4n) is 2.87. The molecule has 0 unspecified atom stereocenters. The molecule has 2 aromatic carbocycles. The molecular weight excluding hydrogens is 230 g/mol. The van der Waals surface area contributed by atoms with E-state index in [-0.39, 0.29) is 0 Å². The quantitative estimate of drug-likeness (QED) is 0.786. The lowest BCUT2D eigenvalue weighted by Gasteiger charge is -2.14. The number of para-hydroxylation sites is 2. The smallest absolute Gasteiger partial charge is 0.0419 e. The summed E-state index contributed by atoms with van der Waals surface area (Å²) in [5.41, 5.74) is 5.59. The van der Waals surface area contributed by atoms with Gasteiger partial charge in [0.25, 0.3) is 0 Å². The van der Waals surface area contributed by atoms with Crippen LogP contribution in [0.4, 0.5) is 11.4 Å². The fourth-order valence-corrected chi connectivity index (χ4v) is 2.87. The van der Waals surface area contributed by atoms with E-state index in [0.717, 1.165) is 11.8 Å². The van der Waals surface area contributed by atoms with E-state index in [1.807, 2.05) is 0 Å². The standard InChI is InChI=1S/C18H19N/c1-3-7-17(15(5-1)13-9-10-13)19-18-8-4-2-6-16(18)14-11-12-14/h1-8,13-14,19H,9-12H2. The Morgan fingerprint density at radius 1 is 0.632 bits per heavy atom. The van der Waals surface area contributed by atoms with E-state index >= 15 is 0 Å². The molecule has 0 aromatic heterocycles. The van der Waals surface area contributed by atoms with Gasteiger partial charge in [-0.1, -0.05) is 36.4 Å². The third-order valence-corrected chi connectivity index (χ3v) is 4.23. The molecule has 0 radical (unpaired) electrons. The van der Waals surface area contributed by atoms with Crippen LogP contribution in [0.3, 0.4) is 0 Å².